The van der Waals surface area contributed by atoms with Gasteiger partial charge in [-0.15, -0.1) is 0 Å². The largest absolute Gasteiger partial charge is 0.478 e. The zero-order valence-electron chi connectivity index (χ0n) is 20.2. The zero-order valence-corrected chi connectivity index (χ0v) is 20.2. The Balaban J connectivity index is 1.95. The van der Waals surface area contributed by atoms with Crippen molar-refractivity contribution in [3.63, 3.8) is 0 Å². The standard InChI is InChI=1S/C28H27NO7/c1-4-19-11-5-6-14-22(19)29-25(30)23(35-27(33)20-12-7-9-17(2)15-20)24(26(31)32)36-28(34)21-13-8-10-18(3)16-21/h5-16,23-24H,4H2,1-3H3,(H,29,30)(H,31,32)/t23-,24+/m0/s1. The quantitative estimate of drug-likeness (QED) is 0.429. The minimum absolute atomic E-state index is 0.0988. The van der Waals surface area contributed by atoms with Crippen molar-refractivity contribution >= 4 is 29.5 Å². The van der Waals surface area contributed by atoms with E-state index in [0.29, 0.717) is 12.1 Å². The molecule has 0 fully saturated rings. The number of carbonyl (C=O) groups is 4. The number of carboxylic acid groups (broad SMARTS) is 1. The highest BCUT2D eigenvalue weighted by Gasteiger charge is 2.41. The molecule has 2 N–H and O–H groups in total. The summed E-state index contributed by atoms with van der Waals surface area (Å²) in [6.45, 7) is 5.42. The highest BCUT2D eigenvalue weighted by Crippen LogP contribution is 2.19. The minimum Gasteiger partial charge on any atom is -0.478 e. The van der Waals surface area contributed by atoms with Crippen molar-refractivity contribution < 1.29 is 33.8 Å². The van der Waals surface area contributed by atoms with Crippen LogP contribution in [-0.4, -0.2) is 41.1 Å². The van der Waals surface area contributed by atoms with Crippen molar-refractivity contribution in [3.05, 3.63) is 101 Å². The number of para-hydroxylation sites is 1. The Kier molecular flexibility index (Phi) is 8.57. The number of hydrogen-bond donors (Lipinski definition) is 2. The Morgan fingerprint density at radius 3 is 1.81 bits per heavy atom. The molecular formula is C28H27NO7. The van der Waals surface area contributed by atoms with Gasteiger partial charge in [-0.1, -0.05) is 60.5 Å². The second kappa shape index (κ2) is 11.8. The van der Waals surface area contributed by atoms with E-state index >= 15 is 0 Å². The summed E-state index contributed by atoms with van der Waals surface area (Å²) in [6.07, 6.45) is -3.47. The maximum absolute atomic E-state index is 13.3. The van der Waals surface area contributed by atoms with E-state index in [1.807, 2.05) is 6.92 Å². The van der Waals surface area contributed by atoms with Crippen LogP contribution in [0.3, 0.4) is 0 Å². The minimum atomic E-state index is -2.10. The van der Waals surface area contributed by atoms with Crippen LogP contribution in [0.4, 0.5) is 5.69 Å². The van der Waals surface area contributed by atoms with Crippen LogP contribution in [0.5, 0.6) is 0 Å². The second-order valence-corrected chi connectivity index (χ2v) is 8.23. The number of anilines is 1. The number of rotatable bonds is 9. The lowest BCUT2D eigenvalue weighted by Crippen LogP contribution is -2.48. The van der Waals surface area contributed by atoms with Gasteiger partial charge in [0.2, 0.25) is 12.2 Å². The van der Waals surface area contributed by atoms with Gasteiger partial charge in [-0.05, 0) is 56.2 Å². The Morgan fingerprint density at radius 2 is 1.31 bits per heavy atom. The van der Waals surface area contributed by atoms with Gasteiger partial charge in [0.1, 0.15) is 0 Å². The van der Waals surface area contributed by atoms with Gasteiger partial charge in [0.15, 0.2) is 0 Å². The van der Waals surface area contributed by atoms with Crippen molar-refractivity contribution in [2.75, 3.05) is 5.32 Å². The fraction of sp³-hybridized carbons (Fsp3) is 0.214. The lowest BCUT2D eigenvalue weighted by atomic mass is 10.1. The molecular weight excluding hydrogens is 462 g/mol. The number of carbonyl (C=O) groups excluding carboxylic acids is 3. The van der Waals surface area contributed by atoms with Crippen LogP contribution in [0.1, 0.15) is 44.3 Å². The Labute approximate surface area is 208 Å². The number of nitrogens with one attached hydrogen (secondary N) is 1. The van der Waals surface area contributed by atoms with Crippen LogP contribution >= 0.6 is 0 Å². The zero-order chi connectivity index (χ0) is 26.2. The summed E-state index contributed by atoms with van der Waals surface area (Å²) in [4.78, 5) is 51.1. The van der Waals surface area contributed by atoms with Gasteiger partial charge in [-0.25, -0.2) is 14.4 Å². The lowest BCUT2D eigenvalue weighted by molar-refractivity contribution is -0.157. The monoisotopic (exact) mass is 489 g/mol. The number of carboxylic acids is 1. The van der Waals surface area contributed by atoms with Crippen LogP contribution in [0, 0.1) is 13.8 Å². The first-order valence-electron chi connectivity index (χ1n) is 11.4. The van der Waals surface area contributed by atoms with Gasteiger partial charge in [-0.3, -0.25) is 4.79 Å². The average Bonchev–Trinajstić information content (AvgIpc) is 2.86. The molecule has 0 aliphatic heterocycles. The summed E-state index contributed by atoms with van der Waals surface area (Å²) in [7, 11) is 0. The summed E-state index contributed by atoms with van der Waals surface area (Å²) < 4.78 is 10.6. The molecule has 0 unspecified atom stereocenters. The van der Waals surface area contributed by atoms with Gasteiger partial charge in [0.05, 0.1) is 11.1 Å². The van der Waals surface area contributed by atoms with Gasteiger partial charge < -0.3 is 19.9 Å². The Bertz CT molecular complexity index is 1280. The number of amides is 1. The highest BCUT2D eigenvalue weighted by atomic mass is 16.6. The molecule has 0 saturated carbocycles. The van der Waals surface area contributed by atoms with Crippen LogP contribution in [-0.2, 0) is 25.5 Å². The second-order valence-electron chi connectivity index (χ2n) is 8.23. The molecule has 8 heteroatoms. The maximum atomic E-state index is 13.3. The average molecular weight is 490 g/mol. The molecule has 0 bridgehead atoms. The fourth-order valence-electron chi connectivity index (χ4n) is 3.56. The molecule has 0 spiro atoms. The van der Waals surface area contributed by atoms with E-state index in [2.05, 4.69) is 5.32 Å². The number of aryl methyl sites for hydroxylation is 3. The van der Waals surface area contributed by atoms with Gasteiger partial charge >= 0.3 is 17.9 Å². The van der Waals surface area contributed by atoms with E-state index in [1.54, 1.807) is 62.4 Å². The molecule has 186 valence electrons. The summed E-state index contributed by atoms with van der Waals surface area (Å²) in [5.41, 5.74) is 2.96. The Morgan fingerprint density at radius 1 is 0.778 bits per heavy atom. The van der Waals surface area contributed by atoms with Crippen LogP contribution in [0.2, 0.25) is 0 Å². The number of aliphatic carboxylic acids is 1. The topological polar surface area (TPSA) is 119 Å². The fourth-order valence-corrected chi connectivity index (χ4v) is 3.56. The highest BCUT2D eigenvalue weighted by molar-refractivity contribution is 6.01. The molecule has 0 aliphatic carbocycles. The third kappa shape index (κ3) is 6.56. The summed E-state index contributed by atoms with van der Waals surface area (Å²) >= 11 is 0. The molecule has 36 heavy (non-hydrogen) atoms. The van der Waals surface area contributed by atoms with Crippen molar-refractivity contribution in [2.45, 2.75) is 39.4 Å². The number of esters is 2. The summed E-state index contributed by atoms with van der Waals surface area (Å²) in [6, 6.07) is 19.7. The number of ether oxygens (including phenoxy) is 2. The van der Waals surface area contributed by atoms with E-state index in [9.17, 15) is 24.3 Å². The van der Waals surface area contributed by atoms with E-state index in [0.717, 1.165) is 16.7 Å². The predicted octanol–water partition coefficient (Wildman–Crippen LogP) is 4.34. The van der Waals surface area contributed by atoms with E-state index in [4.69, 9.17) is 9.47 Å². The van der Waals surface area contributed by atoms with E-state index in [-0.39, 0.29) is 11.1 Å². The molecule has 8 nitrogen and oxygen atoms in total. The molecule has 3 aromatic rings. The summed E-state index contributed by atoms with van der Waals surface area (Å²) in [5.74, 6) is -4.48. The smallest absolute Gasteiger partial charge is 0.349 e. The molecule has 0 aliphatic rings. The van der Waals surface area contributed by atoms with Crippen molar-refractivity contribution in [1.29, 1.82) is 0 Å². The van der Waals surface area contributed by atoms with E-state index < -0.39 is 36.0 Å². The first kappa shape index (κ1) is 26.2. The lowest BCUT2D eigenvalue weighted by Gasteiger charge is -2.24. The molecule has 0 saturated heterocycles. The third-order valence-electron chi connectivity index (χ3n) is 5.41. The number of hydrogen-bond acceptors (Lipinski definition) is 6. The van der Waals surface area contributed by atoms with Gasteiger partial charge in [0, 0.05) is 5.69 Å². The van der Waals surface area contributed by atoms with Gasteiger partial charge in [0.25, 0.3) is 5.91 Å². The third-order valence-corrected chi connectivity index (χ3v) is 5.41. The first-order valence-corrected chi connectivity index (χ1v) is 11.4. The van der Waals surface area contributed by atoms with Crippen LogP contribution in [0.15, 0.2) is 72.8 Å². The van der Waals surface area contributed by atoms with Crippen molar-refractivity contribution in [2.24, 2.45) is 0 Å². The van der Waals surface area contributed by atoms with Crippen LogP contribution < -0.4 is 5.32 Å². The van der Waals surface area contributed by atoms with E-state index in [1.165, 1.54) is 24.3 Å². The molecule has 3 aromatic carbocycles. The molecule has 0 aromatic heterocycles. The first-order chi connectivity index (χ1) is 17.2. The molecule has 1 amide bonds. The molecule has 0 radical (unpaired) electrons. The van der Waals surface area contributed by atoms with Gasteiger partial charge in [-0.2, -0.15) is 0 Å². The van der Waals surface area contributed by atoms with Crippen molar-refractivity contribution in [1.82, 2.24) is 0 Å². The number of benzene rings is 3. The predicted molar refractivity (Wildman–Crippen MR) is 133 cm³/mol. The summed E-state index contributed by atoms with van der Waals surface area (Å²) in [5, 5.41) is 12.5. The molecule has 3 rings (SSSR count). The molecule has 0 heterocycles. The Hall–Kier alpha value is -4.46. The maximum Gasteiger partial charge on any atom is 0.349 e. The normalized spacial score (nSPS) is 12.2. The van der Waals surface area contributed by atoms with Crippen molar-refractivity contribution in [3.8, 4) is 0 Å². The SMILES string of the molecule is CCc1ccccc1NC(=O)[C@@H](OC(=O)c1cccc(C)c1)[C@@H](OC(=O)c1cccc(C)c1)C(=O)O. The van der Waals surface area contributed by atoms with Crippen LogP contribution in [0.25, 0.3) is 0 Å². The molecule has 2 atom stereocenters.